The minimum absolute atomic E-state index is 0.194. The Morgan fingerprint density at radius 3 is 2.93 bits per heavy atom. The second-order valence-corrected chi connectivity index (χ2v) is 6.18. The number of ether oxygens (including phenoxy) is 1. The van der Waals surface area contributed by atoms with Crippen molar-refractivity contribution in [3.63, 3.8) is 0 Å². The average Bonchev–Trinajstić information content (AvgIpc) is 3.18. The molecule has 1 amide bonds. The first-order chi connectivity index (χ1) is 13.3. The highest BCUT2D eigenvalue weighted by molar-refractivity contribution is 7.00. The molecular formula is C20H14N4O2S. The number of aromatic nitrogens is 3. The quantitative estimate of drug-likeness (QED) is 0.556. The van der Waals surface area contributed by atoms with Crippen LogP contribution in [0.4, 0.5) is 0 Å². The van der Waals surface area contributed by atoms with Gasteiger partial charge in [-0.2, -0.15) is 8.75 Å². The predicted octanol–water partition coefficient (Wildman–Crippen LogP) is 3.05. The summed E-state index contributed by atoms with van der Waals surface area (Å²) in [4.78, 5) is 16.4. The van der Waals surface area contributed by atoms with Crippen molar-refractivity contribution in [3.05, 3.63) is 60.3 Å². The van der Waals surface area contributed by atoms with Crippen LogP contribution in [0.5, 0.6) is 5.75 Å². The normalized spacial score (nSPS) is 10.4. The summed E-state index contributed by atoms with van der Waals surface area (Å²) in [5.41, 5.74) is 2.92. The summed E-state index contributed by atoms with van der Waals surface area (Å²) < 4.78 is 13.9. The Bertz CT molecular complexity index is 1180. The monoisotopic (exact) mass is 374 g/mol. The van der Waals surface area contributed by atoms with Crippen LogP contribution in [-0.4, -0.2) is 32.8 Å². The molecular weight excluding hydrogens is 360 g/mol. The van der Waals surface area contributed by atoms with Gasteiger partial charge in [-0.1, -0.05) is 17.9 Å². The molecule has 6 nitrogen and oxygen atoms in total. The van der Waals surface area contributed by atoms with Crippen LogP contribution in [0.3, 0.4) is 0 Å². The Hall–Kier alpha value is -3.50. The van der Waals surface area contributed by atoms with Crippen LogP contribution in [0, 0.1) is 11.8 Å². The summed E-state index contributed by atoms with van der Waals surface area (Å²) in [5, 5.41) is 3.82. The summed E-state index contributed by atoms with van der Waals surface area (Å²) >= 11 is 1.13. The highest BCUT2D eigenvalue weighted by Crippen LogP contribution is 2.18. The van der Waals surface area contributed by atoms with Crippen molar-refractivity contribution in [1.29, 1.82) is 0 Å². The maximum absolute atomic E-state index is 12.1. The van der Waals surface area contributed by atoms with Crippen LogP contribution in [-0.2, 0) is 0 Å². The van der Waals surface area contributed by atoms with Crippen molar-refractivity contribution >= 4 is 39.6 Å². The molecule has 2 aromatic heterocycles. The largest absolute Gasteiger partial charge is 0.481 e. The molecule has 0 aliphatic carbocycles. The van der Waals surface area contributed by atoms with E-state index in [1.165, 1.54) is 0 Å². The Labute approximate surface area is 159 Å². The lowest BCUT2D eigenvalue weighted by Crippen LogP contribution is -2.23. The molecule has 27 heavy (non-hydrogen) atoms. The lowest BCUT2D eigenvalue weighted by atomic mass is 10.2. The molecule has 132 valence electrons. The van der Waals surface area contributed by atoms with Crippen LogP contribution in [0.25, 0.3) is 21.9 Å². The SMILES string of the molecule is O=C(NCC#CCOc1ccc2cccnc2c1)c1ccc2nsnc2c1. The van der Waals surface area contributed by atoms with Gasteiger partial charge in [-0.25, -0.2) is 0 Å². The number of pyridine rings is 1. The van der Waals surface area contributed by atoms with Crippen LogP contribution in [0.1, 0.15) is 10.4 Å². The number of hydrogen-bond acceptors (Lipinski definition) is 6. The summed E-state index contributed by atoms with van der Waals surface area (Å²) in [6.07, 6.45) is 1.75. The molecule has 0 bridgehead atoms. The predicted molar refractivity (Wildman–Crippen MR) is 105 cm³/mol. The van der Waals surface area contributed by atoms with Gasteiger partial charge >= 0.3 is 0 Å². The van der Waals surface area contributed by atoms with Crippen LogP contribution in [0.2, 0.25) is 0 Å². The Morgan fingerprint density at radius 2 is 1.96 bits per heavy atom. The highest BCUT2D eigenvalue weighted by atomic mass is 32.1. The van der Waals surface area contributed by atoms with E-state index in [1.54, 1.807) is 24.4 Å². The maximum Gasteiger partial charge on any atom is 0.252 e. The van der Waals surface area contributed by atoms with E-state index in [0.717, 1.165) is 33.7 Å². The van der Waals surface area contributed by atoms with E-state index in [0.29, 0.717) is 11.3 Å². The van der Waals surface area contributed by atoms with Crippen molar-refractivity contribution in [2.24, 2.45) is 0 Å². The lowest BCUT2D eigenvalue weighted by Gasteiger charge is -2.03. The second-order valence-electron chi connectivity index (χ2n) is 5.65. The third-order valence-electron chi connectivity index (χ3n) is 3.87. The van der Waals surface area contributed by atoms with E-state index < -0.39 is 0 Å². The van der Waals surface area contributed by atoms with Crippen molar-refractivity contribution in [2.75, 3.05) is 13.2 Å². The Balaban J connectivity index is 1.27. The van der Waals surface area contributed by atoms with E-state index in [-0.39, 0.29) is 19.1 Å². The minimum atomic E-state index is -0.194. The van der Waals surface area contributed by atoms with E-state index >= 15 is 0 Å². The average molecular weight is 374 g/mol. The van der Waals surface area contributed by atoms with Gasteiger partial charge < -0.3 is 10.1 Å². The van der Waals surface area contributed by atoms with Gasteiger partial charge in [0.15, 0.2) is 0 Å². The van der Waals surface area contributed by atoms with Crippen molar-refractivity contribution in [3.8, 4) is 17.6 Å². The number of carbonyl (C=O) groups is 1. The molecule has 0 fully saturated rings. The topological polar surface area (TPSA) is 77.0 Å². The smallest absolute Gasteiger partial charge is 0.252 e. The van der Waals surface area contributed by atoms with Gasteiger partial charge in [-0.3, -0.25) is 9.78 Å². The summed E-state index contributed by atoms with van der Waals surface area (Å²) in [6, 6.07) is 14.8. The number of carbonyl (C=O) groups excluding carboxylic acids is 1. The first-order valence-electron chi connectivity index (χ1n) is 8.23. The standard InChI is InChI=1S/C20H14N4O2S/c25-20(15-6-8-17-19(12-15)24-27-23-17)22-9-1-2-11-26-16-7-5-14-4-3-10-21-18(14)13-16/h3-8,10,12-13H,9,11H2,(H,22,25). The molecule has 0 unspecified atom stereocenters. The van der Waals surface area contributed by atoms with Gasteiger partial charge in [-0.05, 0) is 36.4 Å². The number of nitrogens with zero attached hydrogens (tertiary/aromatic N) is 3. The van der Waals surface area contributed by atoms with Gasteiger partial charge in [0.25, 0.3) is 5.91 Å². The Kier molecular flexibility index (Phi) is 4.90. The zero-order valence-electron chi connectivity index (χ0n) is 14.2. The van der Waals surface area contributed by atoms with Crippen molar-refractivity contribution < 1.29 is 9.53 Å². The van der Waals surface area contributed by atoms with Crippen molar-refractivity contribution in [2.45, 2.75) is 0 Å². The van der Waals surface area contributed by atoms with Gasteiger partial charge in [0.2, 0.25) is 0 Å². The van der Waals surface area contributed by atoms with Crippen molar-refractivity contribution in [1.82, 2.24) is 19.0 Å². The third kappa shape index (κ3) is 4.02. The molecule has 2 aromatic carbocycles. The molecule has 4 rings (SSSR count). The molecule has 0 radical (unpaired) electrons. The first kappa shape index (κ1) is 16.9. The fourth-order valence-corrected chi connectivity index (χ4v) is 3.04. The highest BCUT2D eigenvalue weighted by Gasteiger charge is 2.06. The number of rotatable bonds is 4. The van der Waals surface area contributed by atoms with E-state index in [9.17, 15) is 4.79 Å². The number of fused-ring (bicyclic) bond motifs is 2. The Morgan fingerprint density at radius 1 is 1.04 bits per heavy atom. The molecule has 0 aliphatic rings. The zero-order valence-corrected chi connectivity index (χ0v) is 15.0. The number of nitrogens with one attached hydrogen (secondary N) is 1. The first-order valence-corrected chi connectivity index (χ1v) is 8.96. The van der Waals surface area contributed by atoms with Crippen LogP contribution < -0.4 is 10.1 Å². The molecule has 7 heteroatoms. The van der Waals surface area contributed by atoms with Gasteiger partial charge in [0.1, 0.15) is 23.4 Å². The van der Waals surface area contributed by atoms with E-state index in [4.69, 9.17) is 4.74 Å². The number of hydrogen-bond donors (Lipinski definition) is 1. The molecule has 2 heterocycles. The zero-order chi connectivity index (χ0) is 18.5. The lowest BCUT2D eigenvalue weighted by molar-refractivity contribution is 0.0959. The second kappa shape index (κ2) is 7.81. The van der Waals surface area contributed by atoms with Crippen LogP contribution >= 0.6 is 11.7 Å². The van der Waals surface area contributed by atoms with Gasteiger partial charge in [0.05, 0.1) is 23.8 Å². The number of amides is 1. The van der Waals surface area contributed by atoms with Crippen LogP contribution in [0.15, 0.2) is 54.7 Å². The fraction of sp³-hybridized carbons (Fsp3) is 0.100. The molecule has 0 spiro atoms. The molecule has 4 aromatic rings. The van der Waals surface area contributed by atoms with E-state index in [1.807, 2.05) is 30.3 Å². The molecule has 0 saturated carbocycles. The summed E-state index contributed by atoms with van der Waals surface area (Å²) in [5.74, 6) is 6.28. The minimum Gasteiger partial charge on any atom is -0.481 e. The fourth-order valence-electron chi connectivity index (χ4n) is 2.52. The van der Waals surface area contributed by atoms with E-state index in [2.05, 4.69) is 30.9 Å². The van der Waals surface area contributed by atoms with Gasteiger partial charge in [0, 0.05) is 23.2 Å². The molecule has 0 aliphatic heterocycles. The number of benzene rings is 2. The van der Waals surface area contributed by atoms with Gasteiger partial charge in [-0.15, -0.1) is 0 Å². The molecule has 1 N–H and O–H groups in total. The maximum atomic E-state index is 12.1. The summed E-state index contributed by atoms with van der Waals surface area (Å²) in [6.45, 7) is 0.486. The third-order valence-corrected chi connectivity index (χ3v) is 4.42. The molecule has 0 atom stereocenters. The summed E-state index contributed by atoms with van der Waals surface area (Å²) in [7, 11) is 0. The molecule has 0 saturated heterocycles.